The zero-order chi connectivity index (χ0) is 18.6. The molecule has 2 aromatic rings. The van der Waals surface area contributed by atoms with Gasteiger partial charge in [0.25, 0.3) is 5.91 Å². The first-order valence-corrected chi connectivity index (χ1v) is 9.81. The van der Waals surface area contributed by atoms with E-state index in [1.165, 1.54) is 19.3 Å². The van der Waals surface area contributed by atoms with Crippen LogP contribution in [0.1, 0.15) is 55.4 Å². The maximum absolute atomic E-state index is 12.8. The summed E-state index contributed by atoms with van der Waals surface area (Å²) in [6.45, 7) is 1.06. The average Bonchev–Trinajstić information content (AvgIpc) is 3.40. The zero-order valence-electron chi connectivity index (χ0n) is 15.4. The first-order valence-electron chi connectivity index (χ1n) is 9.81. The number of furan rings is 1. The Kier molecular flexibility index (Phi) is 5.27. The largest absolute Gasteiger partial charge is 0.461 e. The van der Waals surface area contributed by atoms with Gasteiger partial charge in [0.05, 0.1) is 12.2 Å². The fourth-order valence-electron chi connectivity index (χ4n) is 4.01. The second kappa shape index (κ2) is 7.98. The van der Waals surface area contributed by atoms with E-state index in [1.807, 2.05) is 0 Å². The highest BCUT2D eigenvalue weighted by Gasteiger charge is 2.31. The number of nitrogens with zero attached hydrogens (tertiary/aromatic N) is 2. The van der Waals surface area contributed by atoms with Crippen molar-refractivity contribution in [1.82, 2.24) is 15.4 Å². The lowest BCUT2D eigenvalue weighted by molar-refractivity contribution is -0.127. The number of carbonyl (C=O) groups is 2. The molecule has 1 aliphatic heterocycles. The minimum Gasteiger partial charge on any atom is -0.461 e. The summed E-state index contributed by atoms with van der Waals surface area (Å²) >= 11 is 0. The summed E-state index contributed by atoms with van der Waals surface area (Å²) < 4.78 is 10.5. The number of carbonyl (C=O) groups excluding carboxylic acids is 2. The molecule has 0 aromatic carbocycles. The molecule has 0 radical (unpaired) electrons. The van der Waals surface area contributed by atoms with Crippen LogP contribution in [0.15, 0.2) is 33.4 Å². The fraction of sp³-hybridized carbons (Fsp3) is 0.550. The van der Waals surface area contributed by atoms with E-state index in [1.54, 1.807) is 29.4 Å². The predicted octanol–water partition coefficient (Wildman–Crippen LogP) is 3.24. The summed E-state index contributed by atoms with van der Waals surface area (Å²) in [5.41, 5.74) is 0.245. The second-order valence-electron chi connectivity index (χ2n) is 7.49. The number of hydrogen-bond acceptors (Lipinski definition) is 5. The highest BCUT2D eigenvalue weighted by atomic mass is 16.5. The molecule has 3 heterocycles. The quantitative estimate of drug-likeness (QED) is 0.891. The van der Waals surface area contributed by atoms with E-state index >= 15 is 0 Å². The highest BCUT2D eigenvalue weighted by molar-refractivity contribution is 5.93. The molecule has 1 saturated heterocycles. The summed E-state index contributed by atoms with van der Waals surface area (Å²) in [4.78, 5) is 27.1. The molecule has 2 aliphatic rings. The Hall–Kier alpha value is -2.57. The van der Waals surface area contributed by atoms with Crippen molar-refractivity contribution in [2.45, 2.75) is 51.0 Å². The van der Waals surface area contributed by atoms with Crippen molar-refractivity contribution in [2.75, 3.05) is 13.1 Å². The third-order valence-electron chi connectivity index (χ3n) is 5.52. The van der Waals surface area contributed by atoms with Gasteiger partial charge in [0.15, 0.2) is 11.5 Å². The molecule has 1 saturated carbocycles. The van der Waals surface area contributed by atoms with Gasteiger partial charge in [-0.1, -0.05) is 24.4 Å². The molecule has 0 spiro atoms. The van der Waals surface area contributed by atoms with Crippen LogP contribution in [0.25, 0.3) is 11.5 Å². The van der Waals surface area contributed by atoms with E-state index in [0.717, 1.165) is 25.7 Å². The van der Waals surface area contributed by atoms with Crippen molar-refractivity contribution in [3.63, 3.8) is 0 Å². The van der Waals surface area contributed by atoms with Crippen molar-refractivity contribution in [3.05, 3.63) is 30.2 Å². The van der Waals surface area contributed by atoms with E-state index in [4.69, 9.17) is 8.94 Å². The predicted molar refractivity (Wildman–Crippen MR) is 97.8 cm³/mol. The minimum atomic E-state index is -0.202. The molecule has 2 aromatic heterocycles. The molecule has 1 unspecified atom stereocenters. The number of aromatic nitrogens is 1. The van der Waals surface area contributed by atoms with Gasteiger partial charge >= 0.3 is 0 Å². The van der Waals surface area contributed by atoms with Gasteiger partial charge < -0.3 is 19.2 Å². The number of nitrogens with one attached hydrogen (secondary N) is 1. The molecule has 1 atom stereocenters. The average molecular weight is 371 g/mol. The number of amides is 2. The van der Waals surface area contributed by atoms with Crippen LogP contribution >= 0.6 is 0 Å². The summed E-state index contributed by atoms with van der Waals surface area (Å²) in [5, 5.41) is 7.07. The lowest BCUT2D eigenvalue weighted by Crippen LogP contribution is -2.48. The normalized spacial score (nSPS) is 21.2. The van der Waals surface area contributed by atoms with E-state index < -0.39 is 0 Å². The Morgan fingerprint density at radius 3 is 2.74 bits per heavy atom. The van der Waals surface area contributed by atoms with Crippen LogP contribution in [0.5, 0.6) is 0 Å². The number of rotatable bonds is 4. The van der Waals surface area contributed by atoms with Gasteiger partial charge in [0.1, 0.15) is 0 Å². The van der Waals surface area contributed by atoms with Crippen LogP contribution in [0.3, 0.4) is 0 Å². The van der Waals surface area contributed by atoms with E-state index in [2.05, 4.69) is 10.5 Å². The van der Waals surface area contributed by atoms with Gasteiger partial charge in [0, 0.05) is 25.2 Å². The topological polar surface area (TPSA) is 88.6 Å². The molecule has 2 fully saturated rings. The van der Waals surface area contributed by atoms with Crippen molar-refractivity contribution in [1.29, 1.82) is 0 Å². The number of likely N-dealkylation sites (tertiary alicyclic amines) is 1. The second-order valence-corrected chi connectivity index (χ2v) is 7.49. The Balaban J connectivity index is 1.37. The van der Waals surface area contributed by atoms with Crippen LogP contribution in [-0.2, 0) is 4.79 Å². The monoisotopic (exact) mass is 371 g/mol. The zero-order valence-corrected chi connectivity index (χ0v) is 15.4. The summed E-state index contributed by atoms with van der Waals surface area (Å²) in [6.07, 6.45) is 8.94. The number of hydrogen-bond donors (Lipinski definition) is 1. The van der Waals surface area contributed by atoms with E-state index in [-0.39, 0.29) is 23.4 Å². The Morgan fingerprint density at radius 1 is 1.11 bits per heavy atom. The Morgan fingerprint density at radius 2 is 1.96 bits per heavy atom. The SMILES string of the molecule is O=C(NC1CCCCC1)C1CCCN(C(=O)c2cc(-c3ccco3)on2)C1. The van der Waals surface area contributed by atoms with Gasteiger partial charge in [-0.2, -0.15) is 0 Å². The molecule has 1 N–H and O–H groups in total. The first-order chi connectivity index (χ1) is 13.2. The van der Waals surface area contributed by atoms with Crippen molar-refractivity contribution in [2.24, 2.45) is 5.92 Å². The molecule has 1 aliphatic carbocycles. The van der Waals surface area contributed by atoms with Crippen LogP contribution in [-0.4, -0.2) is 41.0 Å². The van der Waals surface area contributed by atoms with Crippen molar-refractivity contribution < 1.29 is 18.5 Å². The van der Waals surface area contributed by atoms with E-state index in [9.17, 15) is 9.59 Å². The van der Waals surface area contributed by atoms with Crippen molar-refractivity contribution >= 4 is 11.8 Å². The van der Waals surface area contributed by atoms with Gasteiger partial charge in [-0.25, -0.2) is 0 Å². The maximum atomic E-state index is 12.8. The van der Waals surface area contributed by atoms with E-state index in [0.29, 0.717) is 30.7 Å². The molecule has 0 bridgehead atoms. The summed E-state index contributed by atoms with van der Waals surface area (Å²) in [5.74, 6) is 0.681. The molecule has 2 amide bonds. The lowest BCUT2D eigenvalue weighted by atomic mass is 9.93. The molecule has 27 heavy (non-hydrogen) atoms. The van der Waals surface area contributed by atoms with Gasteiger partial charge in [-0.05, 0) is 37.8 Å². The van der Waals surface area contributed by atoms with Crippen LogP contribution in [0, 0.1) is 5.92 Å². The highest BCUT2D eigenvalue weighted by Crippen LogP contribution is 2.24. The van der Waals surface area contributed by atoms with Gasteiger partial charge in [-0.15, -0.1) is 0 Å². The Bertz CT molecular complexity index is 777. The third kappa shape index (κ3) is 4.07. The van der Waals surface area contributed by atoms with Crippen molar-refractivity contribution in [3.8, 4) is 11.5 Å². The van der Waals surface area contributed by atoms with Crippen LogP contribution < -0.4 is 5.32 Å². The summed E-state index contributed by atoms with van der Waals surface area (Å²) in [7, 11) is 0. The Labute approximate surface area is 158 Å². The van der Waals surface area contributed by atoms with Gasteiger partial charge in [0.2, 0.25) is 11.7 Å². The molecular formula is C20H25N3O4. The lowest BCUT2D eigenvalue weighted by Gasteiger charge is -2.33. The van der Waals surface area contributed by atoms with Crippen LogP contribution in [0.2, 0.25) is 0 Å². The molecule has 4 rings (SSSR count). The minimum absolute atomic E-state index is 0.0795. The first kappa shape index (κ1) is 17.8. The molecule has 7 nitrogen and oxygen atoms in total. The third-order valence-corrected chi connectivity index (χ3v) is 5.52. The molecule has 144 valence electrons. The summed E-state index contributed by atoms with van der Waals surface area (Å²) in [6, 6.07) is 5.39. The molecule has 7 heteroatoms. The number of piperidine rings is 1. The molecular weight excluding hydrogens is 346 g/mol. The standard InChI is InChI=1S/C20H25N3O4/c24-19(21-15-7-2-1-3-8-15)14-6-4-10-23(13-14)20(25)16-12-18(27-22-16)17-9-5-11-26-17/h5,9,11-12,14-15H,1-4,6-8,10,13H2,(H,21,24). The fourth-order valence-corrected chi connectivity index (χ4v) is 4.01. The van der Waals surface area contributed by atoms with Gasteiger partial charge in [-0.3, -0.25) is 9.59 Å². The van der Waals surface area contributed by atoms with Crippen LogP contribution in [0.4, 0.5) is 0 Å². The maximum Gasteiger partial charge on any atom is 0.276 e. The smallest absolute Gasteiger partial charge is 0.276 e.